The summed E-state index contributed by atoms with van der Waals surface area (Å²) in [4.78, 5) is 5.99. The van der Waals surface area contributed by atoms with Gasteiger partial charge < -0.3 is 9.13 Å². The molecule has 0 unspecified atom stereocenters. The lowest BCUT2D eigenvalue weighted by molar-refractivity contribution is 1.18. The zero-order valence-electron chi connectivity index (χ0n) is 27.3. The maximum Gasteiger partial charge on any atom is 0.124 e. The molecule has 0 aliphatic heterocycles. The van der Waals surface area contributed by atoms with Crippen LogP contribution in [-0.4, -0.2) is 14.1 Å². The third-order valence-corrected chi connectivity index (χ3v) is 12.0. The van der Waals surface area contributed by atoms with Gasteiger partial charge in [-0.25, -0.2) is 4.98 Å². The van der Waals surface area contributed by atoms with Crippen LogP contribution < -0.4 is 0 Å². The quantitative estimate of drug-likeness (QED) is 0.169. The molecule has 0 amide bonds. The number of aromatic nitrogens is 3. The summed E-state index contributed by atoms with van der Waals surface area (Å²) in [5, 5.41) is 15.2. The molecule has 0 fully saturated rings. The molecule has 3 nitrogen and oxygen atoms in total. The highest BCUT2D eigenvalue weighted by atomic mass is 32.1. The number of nitrogens with zero attached hydrogens (tertiary/aromatic N) is 3. The Morgan fingerprint density at radius 1 is 0.373 bits per heavy atom. The monoisotopic (exact) mass is 665 g/mol. The van der Waals surface area contributed by atoms with Crippen molar-refractivity contribution in [3.63, 3.8) is 0 Å². The minimum atomic E-state index is 1.06. The van der Waals surface area contributed by atoms with E-state index < -0.39 is 0 Å². The molecule has 4 aromatic heterocycles. The summed E-state index contributed by atoms with van der Waals surface area (Å²) in [6.45, 7) is 0. The van der Waals surface area contributed by atoms with Crippen LogP contribution >= 0.6 is 11.3 Å². The van der Waals surface area contributed by atoms with E-state index in [1.807, 2.05) is 6.20 Å². The molecule has 0 radical (unpaired) electrons. The Morgan fingerprint density at radius 3 is 1.59 bits per heavy atom. The highest BCUT2D eigenvalue weighted by molar-refractivity contribution is 7.26. The molecular formula is C47H27N3S. The fraction of sp³-hybridized carbons (Fsp3) is 0. The van der Waals surface area contributed by atoms with E-state index in [4.69, 9.17) is 4.98 Å². The van der Waals surface area contributed by atoms with Gasteiger partial charge in [-0.15, -0.1) is 11.3 Å². The first-order valence-corrected chi connectivity index (χ1v) is 18.2. The molecule has 0 N–H and O–H groups in total. The minimum absolute atomic E-state index is 1.06. The number of fused-ring (bicyclic) bond motifs is 18. The first kappa shape index (κ1) is 27.3. The summed E-state index contributed by atoms with van der Waals surface area (Å²) in [6.07, 6.45) is 1.92. The second kappa shape index (κ2) is 10.0. The Hall–Kier alpha value is -6.49. The van der Waals surface area contributed by atoms with Gasteiger partial charge in [-0.1, -0.05) is 109 Å². The Morgan fingerprint density at radius 2 is 0.902 bits per heavy atom. The Balaban J connectivity index is 1.36. The molecule has 12 aromatic rings. The summed E-state index contributed by atoms with van der Waals surface area (Å²) >= 11 is 1.81. The van der Waals surface area contributed by atoms with Gasteiger partial charge in [0.25, 0.3) is 0 Å². The van der Waals surface area contributed by atoms with Crippen LogP contribution in [0.15, 0.2) is 164 Å². The largest absolute Gasteiger partial charge is 0.308 e. The molecule has 236 valence electrons. The van der Waals surface area contributed by atoms with Gasteiger partial charge >= 0.3 is 0 Å². The van der Waals surface area contributed by atoms with Crippen LogP contribution in [0.25, 0.3) is 108 Å². The average Bonchev–Trinajstić information content (AvgIpc) is 3.86. The Labute approximate surface area is 295 Å². The number of rotatable bonds is 2. The fourth-order valence-electron chi connectivity index (χ4n) is 8.92. The molecule has 4 heterocycles. The van der Waals surface area contributed by atoms with E-state index in [1.54, 1.807) is 11.3 Å². The van der Waals surface area contributed by atoms with Gasteiger partial charge in [0.05, 0.1) is 26.8 Å². The summed E-state index contributed by atoms with van der Waals surface area (Å²) in [5.74, 6) is 0. The average molecular weight is 666 g/mol. The minimum Gasteiger partial charge on any atom is -0.308 e. The molecule has 0 aliphatic carbocycles. The molecule has 0 saturated carbocycles. The van der Waals surface area contributed by atoms with Crippen LogP contribution in [0.5, 0.6) is 0 Å². The van der Waals surface area contributed by atoms with Crippen LogP contribution in [0.1, 0.15) is 0 Å². The first-order valence-electron chi connectivity index (χ1n) is 17.4. The van der Waals surface area contributed by atoms with E-state index in [2.05, 4.69) is 167 Å². The zero-order chi connectivity index (χ0) is 33.2. The predicted molar refractivity (Wildman–Crippen MR) is 218 cm³/mol. The Kier molecular flexibility index (Phi) is 5.38. The van der Waals surface area contributed by atoms with Gasteiger partial charge in [0.1, 0.15) is 4.83 Å². The van der Waals surface area contributed by atoms with E-state index in [0.29, 0.717) is 0 Å². The van der Waals surface area contributed by atoms with E-state index in [0.717, 1.165) is 16.2 Å². The van der Waals surface area contributed by atoms with Gasteiger partial charge in [0.2, 0.25) is 0 Å². The van der Waals surface area contributed by atoms with Gasteiger partial charge in [-0.2, -0.15) is 0 Å². The molecule has 12 rings (SSSR count). The van der Waals surface area contributed by atoms with Crippen molar-refractivity contribution in [2.45, 2.75) is 0 Å². The van der Waals surface area contributed by atoms with Crippen LogP contribution in [0.2, 0.25) is 0 Å². The number of pyridine rings is 1. The third kappa shape index (κ3) is 3.54. The van der Waals surface area contributed by atoms with Crippen molar-refractivity contribution in [3.05, 3.63) is 164 Å². The second-order valence-electron chi connectivity index (χ2n) is 13.5. The van der Waals surface area contributed by atoms with Gasteiger partial charge in [-0.05, 0) is 80.8 Å². The summed E-state index contributed by atoms with van der Waals surface area (Å²) < 4.78 is 6.28. The zero-order valence-corrected chi connectivity index (χ0v) is 28.2. The van der Waals surface area contributed by atoms with Crippen molar-refractivity contribution in [3.8, 4) is 11.4 Å². The number of benzene rings is 8. The summed E-state index contributed by atoms with van der Waals surface area (Å²) in [5.41, 5.74) is 7.17. The molecule has 51 heavy (non-hydrogen) atoms. The number of hydrogen-bond donors (Lipinski definition) is 0. The van der Waals surface area contributed by atoms with Crippen molar-refractivity contribution in [1.29, 1.82) is 0 Å². The molecule has 8 aromatic carbocycles. The molecule has 0 spiro atoms. The second-order valence-corrected chi connectivity index (χ2v) is 14.5. The molecule has 0 bridgehead atoms. The third-order valence-electron chi connectivity index (χ3n) is 10.9. The number of thiophene rings is 1. The highest BCUT2D eigenvalue weighted by Gasteiger charge is 2.27. The number of para-hydroxylation sites is 3. The fourth-order valence-corrected chi connectivity index (χ4v) is 10.1. The van der Waals surface area contributed by atoms with Gasteiger partial charge in [0.15, 0.2) is 0 Å². The van der Waals surface area contributed by atoms with Crippen molar-refractivity contribution in [2.24, 2.45) is 0 Å². The highest BCUT2D eigenvalue weighted by Crippen LogP contribution is 2.51. The van der Waals surface area contributed by atoms with Crippen LogP contribution in [0.3, 0.4) is 0 Å². The van der Waals surface area contributed by atoms with E-state index >= 15 is 0 Å². The topological polar surface area (TPSA) is 22.8 Å². The Bertz CT molecular complexity index is 3380. The molecule has 0 atom stereocenters. The van der Waals surface area contributed by atoms with Crippen molar-refractivity contribution < 1.29 is 0 Å². The predicted octanol–water partition coefficient (Wildman–Crippen LogP) is 13.1. The van der Waals surface area contributed by atoms with E-state index in [9.17, 15) is 0 Å². The maximum absolute atomic E-state index is 4.92. The molecular weight excluding hydrogens is 639 g/mol. The van der Waals surface area contributed by atoms with Crippen LogP contribution in [-0.2, 0) is 0 Å². The number of hydrogen-bond acceptors (Lipinski definition) is 2. The molecule has 0 saturated heterocycles. The SMILES string of the molecule is c1ccc(-n2c3ccccc3c3c2c2sc4ncccc4c2c2c4ccccc4n(-c4ccc5c6ccccc6c6ccccc6c5c4)c23)cc1. The molecule has 0 aliphatic rings. The van der Waals surface area contributed by atoms with Crippen molar-refractivity contribution >= 4 is 108 Å². The summed E-state index contributed by atoms with van der Waals surface area (Å²) in [6, 6.07) is 57.8. The molecule has 4 heteroatoms. The normalized spacial score (nSPS) is 12.3. The first-order chi connectivity index (χ1) is 25.3. The lowest BCUT2D eigenvalue weighted by atomic mass is 9.94. The summed E-state index contributed by atoms with van der Waals surface area (Å²) in [7, 11) is 0. The lowest BCUT2D eigenvalue weighted by Gasteiger charge is -2.14. The van der Waals surface area contributed by atoms with Crippen molar-refractivity contribution in [1.82, 2.24) is 14.1 Å². The van der Waals surface area contributed by atoms with Crippen LogP contribution in [0.4, 0.5) is 0 Å². The van der Waals surface area contributed by atoms with Gasteiger partial charge in [-0.3, -0.25) is 0 Å². The smallest absolute Gasteiger partial charge is 0.124 e. The van der Waals surface area contributed by atoms with E-state index in [1.165, 1.54) is 91.4 Å². The lowest BCUT2D eigenvalue weighted by Crippen LogP contribution is -1.96. The standard InChI is InChI=1S/C47H27N3S/c1-2-13-28(14-3-1)49-40-23-11-9-20-36(40)43-44-41(42-37-21-12-26-48-47(37)51-46(42)45(43)49)35-19-8-10-22-39(35)50(44)29-24-25-34-32-17-5-4-15-30(32)31-16-6-7-18-33(31)38(34)27-29/h1-27H. The maximum atomic E-state index is 4.92. The van der Waals surface area contributed by atoms with Crippen molar-refractivity contribution in [2.75, 3.05) is 0 Å². The van der Waals surface area contributed by atoms with Crippen LogP contribution in [0, 0.1) is 0 Å². The van der Waals surface area contributed by atoms with E-state index in [-0.39, 0.29) is 0 Å². The van der Waals surface area contributed by atoms with Gasteiger partial charge in [0, 0.05) is 49.9 Å².